The lowest BCUT2D eigenvalue weighted by atomic mass is 9.97. The Hall–Kier alpha value is -0.0500. The van der Waals surface area contributed by atoms with Gasteiger partial charge in [-0.15, -0.1) is 0 Å². The summed E-state index contributed by atoms with van der Waals surface area (Å²) in [5.74, 6) is 1.72. The Morgan fingerprint density at radius 1 is 1.28 bits per heavy atom. The van der Waals surface area contributed by atoms with Crippen LogP contribution < -0.4 is 17.0 Å². The van der Waals surface area contributed by atoms with Crippen LogP contribution in [-0.2, 0) is 0 Å². The molecule has 3 aliphatic heterocycles. The predicted molar refractivity (Wildman–Crippen MR) is 71.6 cm³/mol. The van der Waals surface area contributed by atoms with Gasteiger partial charge in [0.05, 0.1) is 31.6 Å². The van der Waals surface area contributed by atoms with Gasteiger partial charge in [0.1, 0.15) is 0 Å². The SMILES string of the molecule is CCCCC[C@H]1C[C@H]2CCCN2C2=[N+]1CCC2.[Br-]. The molecule has 3 heteroatoms. The van der Waals surface area contributed by atoms with Crippen molar-refractivity contribution in [1.82, 2.24) is 4.90 Å². The van der Waals surface area contributed by atoms with Gasteiger partial charge < -0.3 is 17.0 Å². The van der Waals surface area contributed by atoms with Crippen LogP contribution in [0.2, 0.25) is 0 Å². The molecule has 3 rings (SSSR count). The summed E-state index contributed by atoms with van der Waals surface area (Å²) in [4.78, 5) is 2.75. The van der Waals surface area contributed by atoms with Crippen molar-refractivity contribution in [3.05, 3.63) is 0 Å². The van der Waals surface area contributed by atoms with E-state index < -0.39 is 0 Å². The first-order valence-electron chi connectivity index (χ1n) is 7.79. The smallest absolute Gasteiger partial charge is 0.247 e. The number of rotatable bonds is 4. The van der Waals surface area contributed by atoms with Crippen LogP contribution in [0, 0.1) is 0 Å². The number of hydrogen-bond donors (Lipinski definition) is 0. The summed E-state index contributed by atoms with van der Waals surface area (Å²) in [6, 6.07) is 1.80. The average molecular weight is 315 g/mol. The van der Waals surface area contributed by atoms with E-state index in [4.69, 9.17) is 0 Å². The van der Waals surface area contributed by atoms with E-state index >= 15 is 0 Å². The third-order valence-corrected chi connectivity index (χ3v) is 4.97. The van der Waals surface area contributed by atoms with Crippen molar-refractivity contribution in [2.24, 2.45) is 0 Å². The summed E-state index contributed by atoms with van der Waals surface area (Å²) in [5, 5.41) is 0. The molecular formula is C15H27BrN2. The van der Waals surface area contributed by atoms with Gasteiger partial charge in [0.15, 0.2) is 0 Å². The Morgan fingerprint density at radius 3 is 3.00 bits per heavy atom. The topological polar surface area (TPSA) is 6.25 Å². The Labute approximate surface area is 122 Å². The molecule has 2 nitrogen and oxygen atoms in total. The first kappa shape index (κ1) is 14.4. The molecule has 2 atom stereocenters. The van der Waals surface area contributed by atoms with Crippen molar-refractivity contribution in [1.29, 1.82) is 0 Å². The summed E-state index contributed by atoms with van der Waals surface area (Å²) in [6.07, 6.45) is 12.8. The lowest BCUT2D eigenvalue weighted by Gasteiger charge is -2.32. The Kier molecular flexibility index (Phi) is 5.11. The number of amidine groups is 1. The molecule has 0 aromatic heterocycles. The van der Waals surface area contributed by atoms with Crippen molar-refractivity contribution >= 4 is 5.84 Å². The van der Waals surface area contributed by atoms with Gasteiger partial charge in [0.2, 0.25) is 5.84 Å². The van der Waals surface area contributed by atoms with Crippen LogP contribution in [0.5, 0.6) is 0 Å². The van der Waals surface area contributed by atoms with E-state index in [1.807, 2.05) is 0 Å². The monoisotopic (exact) mass is 314 g/mol. The Balaban J connectivity index is 0.00000120. The molecule has 0 radical (unpaired) electrons. The zero-order valence-corrected chi connectivity index (χ0v) is 13.3. The third kappa shape index (κ3) is 2.61. The molecule has 0 bridgehead atoms. The fourth-order valence-electron chi connectivity index (χ4n) is 4.15. The van der Waals surface area contributed by atoms with E-state index in [1.54, 1.807) is 5.84 Å². The van der Waals surface area contributed by atoms with Crippen molar-refractivity contribution in [2.45, 2.75) is 76.8 Å². The summed E-state index contributed by atoms with van der Waals surface area (Å²) in [6.45, 7) is 5.00. The fourth-order valence-corrected chi connectivity index (χ4v) is 4.15. The van der Waals surface area contributed by atoms with Crippen LogP contribution in [0.1, 0.15) is 64.7 Å². The second kappa shape index (κ2) is 6.40. The van der Waals surface area contributed by atoms with Crippen molar-refractivity contribution < 1.29 is 21.6 Å². The molecular weight excluding hydrogens is 288 g/mol. The molecule has 18 heavy (non-hydrogen) atoms. The number of hydrogen-bond acceptors (Lipinski definition) is 1. The molecule has 3 heterocycles. The lowest BCUT2D eigenvalue weighted by Crippen LogP contribution is -3.00. The third-order valence-electron chi connectivity index (χ3n) is 4.97. The molecule has 0 N–H and O–H groups in total. The van der Waals surface area contributed by atoms with Crippen LogP contribution in [0.3, 0.4) is 0 Å². The van der Waals surface area contributed by atoms with Gasteiger partial charge in [0, 0.05) is 6.42 Å². The lowest BCUT2D eigenvalue weighted by molar-refractivity contribution is -0.571. The maximum atomic E-state index is 2.78. The van der Waals surface area contributed by atoms with Gasteiger partial charge >= 0.3 is 0 Å². The number of fused-ring (bicyclic) bond motifs is 2. The predicted octanol–water partition coefficient (Wildman–Crippen LogP) is 0.0122. The highest BCUT2D eigenvalue weighted by atomic mass is 79.9. The summed E-state index contributed by atoms with van der Waals surface area (Å²) in [7, 11) is 0. The molecule has 0 spiro atoms. The number of halogens is 1. The van der Waals surface area contributed by atoms with Gasteiger partial charge in [-0.05, 0) is 32.1 Å². The van der Waals surface area contributed by atoms with Crippen LogP contribution in [-0.4, -0.2) is 40.5 Å². The van der Waals surface area contributed by atoms with Crippen molar-refractivity contribution in [3.8, 4) is 0 Å². The van der Waals surface area contributed by atoms with E-state index in [1.165, 1.54) is 70.9 Å². The summed E-state index contributed by atoms with van der Waals surface area (Å²) < 4.78 is 2.78. The normalized spacial score (nSPS) is 30.2. The van der Waals surface area contributed by atoms with Crippen molar-refractivity contribution in [3.63, 3.8) is 0 Å². The highest BCUT2D eigenvalue weighted by Crippen LogP contribution is 2.32. The molecule has 1 fully saturated rings. The molecule has 0 amide bonds. The van der Waals surface area contributed by atoms with Gasteiger partial charge in [-0.1, -0.05) is 19.8 Å². The van der Waals surface area contributed by atoms with E-state index in [0.29, 0.717) is 0 Å². The van der Waals surface area contributed by atoms with E-state index in [-0.39, 0.29) is 17.0 Å². The van der Waals surface area contributed by atoms with Gasteiger partial charge in [-0.2, -0.15) is 0 Å². The number of unbranched alkanes of at least 4 members (excludes halogenated alkanes) is 2. The first-order chi connectivity index (χ1) is 8.40. The summed E-state index contributed by atoms with van der Waals surface area (Å²) >= 11 is 0. The maximum absolute atomic E-state index is 2.78. The Bertz CT molecular complexity index is 314. The molecule has 3 aliphatic rings. The highest BCUT2D eigenvalue weighted by Gasteiger charge is 2.44. The second-order valence-corrected chi connectivity index (χ2v) is 6.09. The first-order valence-corrected chi connectivity index (χ1v) is 7.79. The minimum absolute atomic E-state index is 0. The van der Waals surface area contributed by atoms with Gasteiger partial charge in [-0.3, -0.25) is 9.48 Å². The molecule has 0 aromatic carbocycles. The van der Waals surface area contributed by atoms with Gasteiger partial charge in [0.25, 0.3) is 0 Å². The fraction of sp³-hybridized carbons (Fsp3) is 0.933. The highest BCUT2D eigenvalue weighted by molar-refractivity contribution is 5.79. The summed E-state index contributed by atoms with van der Waals surface area (Å²) in [5.41, 5.74) is 0. The van der Waals surface area contributed by atoms with Crippen LogP contribution in [0.4, 0.5) is 0 Å². The maximum Gasteiger partial charge on any atom is 0.247 e. The molecule has 0 aromatic rings. The van der Waals surface area contributed by atoms with Crippen LogP contribution >= 0.6 is 0 Å². The molecule has 0 aliphatic carbocycles. The van der Waals surface area contributed by atoms with E-state index in [9.17, 15) is 0 Å². The minimum atomic E-state index is 0. The minimum Gasteiger partial charge on any atom is -1.00 e. The Morgan fingerprint density at radius 2 is 2.17 bits per heavy atom. The van der Waals surface area contributed by atoms with Crippen molar-refractivity contribution in [2.75, 3.05) is 13.1 Å². The standard InChI is InChI=1S/C15H27N2.BrH/c1-2-3-4-7-13-12-14-8-5-10-16(14)15-9-6-11-17(13)15;/h13-14H,2-12H2,1H3;1H/q+1;/p-1/t13-,14+;/m0./s1. The largest absolute Gasteiger partial charge is 1.00 e. The van der Waals surface area contributed by atoms with Crippen LogP contribution in [0.25, 0.3) is 0 Å². The zero-order chi connectivity index (χ0) is 11.7. The second-order valence-electron chi connectivity index (χ2n) is 6.09. The zero-order valence-electron chi connectivity index (χ0n) is 11.7. The average Bonchev–Trinajstić information content (AvgIpc) is 2.96. The van der Waals surface area contributed by atoms with E-state index in [0.717, 1.165) is 12.1 Å². The van der Waals surface area contributed by atoms with Crippen LogP contribution in [0.15, 0.2) is 0 Å². The quantitative estimate of drug-likeness (QED) is 0.523. The number of nitrogens with zero attached hydrogens (tertiary/aromatic N) is 2. The molecule has 1 saturated heterocycles. The molecule has 0 unspecified atom stereocenters. The molecule has 104 valence electrons. The molecule has 0 saturated carbocycles. The van der Waals surface area contributed by atoms with Gasteiger partial charge in [-0.25, -0.2) is 0 Å². The van der Waals surface area contributed by atoms with E-state index in [2.05, 4.69) is 16.4 Å².